The molecule has 0 unspecified atom stereocenters. The van der Waals surface area contributed by atoms with Crippen molar-refractivity contribution >= 4 is 5.97 Å². The standard InChI is InChI=1S/C34H42O8/c1-34(2,3)42-28(36)20-27(35)29-30(38-21-24-14-8-5-9-15-24)31(39-22-25-16-10-6-11-17-25)32(33(37-4)41-29)40-23-26-18-12-7-13-19-26/h5-19,27,29-33,35H,20-23H2,1-4H3/t27-,29-,30-,31+,32-,33+/m1/s1. The average Bonchev–Trinajstić information content (AvgIpc) is 2.98. The maximum Gasteiger partial charge on any atom is 0.309 e. The topological polar surface area (TPSA) is 92.7 Å². The van der Waals surface area contributed by atoms with Crippen LogP contribution in [0, 0.1) is 0 Å². The SMILES string of the molecule is CO[C@H]1O[C@H]([C@H](O)CC(=O)OC(C)(C)C)[C@@H](OCc2ccccc2)[C@H](OCc2ccccc2)[C@H]1OCc1ccccc1. The summed E-state index contributed by atoms with van der Waals surface area (Å²) in [6.07, 6.45) is -5.63. The maximum absolute atomic E-state index is 12.7. The molecule has 0 saturated carbocycles. The van der Waals surface area contributed by atoms with Gasteiger partial charge in [-0.05, 0) is 37.5 Å². The first-order valence-electron chi connectivity index (χ1n) is 14.3. The molecule has 6 atom stereocenters. The molecule has 1 N–H and O–H groups in total. The summed E-state index contributed by atoms with van der Waals surface area (Å²) >= 11 is 0. The van der Waals surface area contributed by atoms with E-state index in [2.05, 4.69) is 0 Å². The van der Waals surface area contributed by atoms with E-state index >= 15 is 0 Å². The van der Waals surface area contributed by atoms with E-state index in [1.165, 1.54) is 7.11 Å². The molecule has 8 nitrogen and oxygen atoms in total. The number of rotatable bonds is 13. The number of aliphatic hydroxyl groups excluding tert-OH is 1. The second-order valence-electron chi connectivity index (χ2n) is 11.3. The minimum atomic E-state index is -1.25. The molecule has 3 aromatic rings. The highest BCUT2D eigenvalue weighted by molar-refractivity contribution is 5.70. The number of benzene rings is 3. The van der Waals surface area contributed by atoms with E-state index < -0.39 is 48.4 Å². The van der Waals surface area contributed by atoms with Crippen LogP contribution in [0.15, 0.2) is 91.0 Å². The Kier molecular flexibility index (Phi) is 11.7. The molecule has 42 heavy (non-hydrogen) atoms. The van der Waals surface area contributed by atoms with Gasteiger partial charge in [0.1, 0.15) is 30.0 Å². The molecule has 0 aromatic heterocycles. The lowest BCUT2D eigenvalue weighted by Crippen LogP contribution is -2.63. The van der Waals surface area contributed by atoms with Crippen LogP contribution in [0.3, 0.4) is 0 Å². The normalized spacial score (nSPS) is 23.3. The molecule has 1 fully saturated rings. The number of hydrogen-bond donors (Lipinski definition) is 1. The molecule has 0 spiro atoms. The lowest BCUT2D eigenvalue weighted by Gasteiger charge is -2.46. The van der Waals surface area contributed by atoms with Crippen molar-refractivity contribution in [2.24, 2.45) is 0 Å². The Bertz CT molecular complexity index is 1200. The van der Waals surface area contributed by atoms with E-state index in [0.717, 1.165) is 16.7 Å². The van der Waals surface area contributed by atoms with Gasteiger partial charge in [0.15, 0.2) is 6.29 Å². The van der Waals surface area contributed by atoms with Crippen LogP contribution in [-0.4, -0.2) is 60.6 Å². The highest BCUT2D eigenvalue weighted by atomic mass is 16.7. The fraction of sp³-hybridized carbons (Fsp3) is 0.441. The summed E-state index contributed by atoms with van der Waals surface area (Å²) < 4.78 is 36.9. The van der Waals surface area contributed by atoms with Gasteiger partial charge >= 0.3 is 5.97 Å². The van der Waals surface area contributed by atoms with Crippen molar-refractivity contribution in [3.05, 3.63) is 108 Å². The van der Waals surface area contributed by atoms with E-state index in [1.54, 1.807) is 20.8 Å². The molecule has 4 rings (SSSR count). The van der Waals surface area contributed by atoms with Gasteiger partial charge in [-0.25, -0.2) is 0 Å². The summed E-state index contributed by atoms with van der Waals surface area (Å²) in [4.78, 5) is 12.7. The Balaban J connectivity index is 1.63. The van der Waals surface area contributed by atoms with Crippen LogP contribution in [-0.2, 0) is 53.0 Å². The fourth-order valence-corrected chi connectivity index (χ4v) is 4.86. The molecule has 0 bridgehead atoms. The van der Waals surface area contributed by atoms with E-state index in [4.69, 9.17) is 28.4 Å². The van der Waals surface area contributed by atoms with Gasteiger partial charge in [0.05, 0.1) is 32.3 Å². The van der Waals surface area contributed by atoms with Crippen LogP contribution in [0.1, 0.15) is 43.9 Å². The van der Waals surface area contributed by atoms with E-state index in [1.807, 2.05) is 91.0 Å². The second kappa shape index (κ2) is 15.4. The molecule has 1 aliphatic rings. The molecule has 1 aliphatic heterocycles. The molecule has 0 radical (unpaired) electrons. The van der Waals surface area contributed by atoms with Gasteiger partial charge in [0.25, 0.3) is 0 Å². The minimum Gasteiger partial charge on any atom is -0.460 e. The summed E-state index contributed by atoms with van der Waals surface area (Å²) in [7, 11) is 1.51. The summed E-state index contributed by atoms with van der Waals surface area (Å²) in [5.74, 6) is -0.543. The molecule has 1 saturated heterocycles. The first kappa shape index (κ1) is 31.8. The quantitative estimate of drug-likeness (QED) is 0.277. The third-order valence-electron chi connectivity index (χ3n) is 6.79. The number of esters is 1. The van der Waals surface area contributed by atoms with Gasteiger partial charge in [-0.15, -0.1) is 0 Å². The first-order chi connectivity index (χ1) is 20.2. The monoisotopic (exact) mass is 578 g/mol. The Morgan fingerprint density at radius 1 is 0.738 bits per heavy atom. The third kappa shape index (κ3) is 9.46. The van der Waals surface area contributed by atoms with Crippen molar-refractivity contribution in [3.8, 4) is 0 Å². The molecule has 1 heterocycles. The largest absolute Gasteiger partial charge is 0.460 e. The zero-order valence-corrected chi connectivity index (χ0v) is 24.8. The zero-order valence-electron chi connectivity index (χ0n) is 24.8. The number of methoxy groups -OCH3 is 1. The highest BCUT2D eigenvalue weighted by Gasteiger charge is 2.51. The van der Waals surface area contributed by atoms with Crippen molar-refractivity contribution in [2.45, 2.75) is 89.4 Å². The fourth-order valence-electron chi connectivity index (χ4n) is 4.86. The number of aliphatic hydroxyl groups is 1. The molecule has 226 valence electrons. The van der Waals surface area contributed by atoms with Crippen molar-refractivity contribution in [2.75, 3.05) is 7.11 Å². The highest BCUT2D eigenvalue weighted by Crippen LogP contribution is 2.33. The minimum absolute atomic E-state index is 0.235. The number of carbonyl (C=O) groups is 1. The van der Waals surface area contributed by atoms with Crippen molar-refractivity contribution in [3.63, 3.8) is 0 Å². The number of ether oxygens (including phenoxy) is 6. The van der Waals surface area contributed by atoms with Gasteiger partial charge in [-0.1, -0.05) is 91.0 Å². The summed E-state index contributed by atoms with van der Waals surface area (Å²) in [6, 6.07) is 29.3. The summed E-state index contributed by atoms with van der Waals surface area (Å²) in [5.41, 5.74) is 2.19. The molecule has 0 amide bonds. The lowest BCUT2D eigenvalue weighted by molar-refractivity contribution is -0.329. The molecule has 3 aromatic carbocycles. The van der Waals surface area contributed by atoms with Gasteiger partial charge < -0.3 is 33.5 Å². The lowest BCUT2D eigenvalue weighted by atomic mass is 9.93. The van der Waals surface area contributed by atoms with E-state index in [-0.39, 0.29) is 26.2 Å². The van der Waals surface area contributed by atoms with Crippen LogP contribution in [0.2, 0.25) is 0 Å². The van der Waals surface area contributed by atoms with Crippen LogP contribution in [0.25, 0.3) is 0 Å². The average molecular weight is 579 g/mol. The molecule has 0 aliphatic carbocycles. The summed E-state index contributed by atoms with van der Waals surface area (Å²) in [5, 5.41) is 11.4. The van der Waals surface area contributed by atoms with Crippen molar-refractivity contribution < 1.29 is 38.3 Å². The smallest absolute Gasteiger partial charge is 0.309 e. The van der Waals surface area contributed by atoms with Crippen LogP contribution < -0.4 is 0 Å². The number of hydrogen-bond acceptors (Lipinski definition) is 8. The zero-order chi connectivity index (χ0) is 30.0. The van der Waals surface area contributed by atoms with E-state index in [0.29, 0.717) is 0 Å². The summed E-state index contributed by atoms with van der Waals surface area (Å²) in [6.45, 7) is 6.14. The predicted molar refractivity (Wildman–Crippen MR) is 157 cm³/mol. The third-order valence-corrected chi connectivity index (χ3v) is 6.79. The molecular formula is C34H42O8. The van der Waals surface area contributed by atoms with Gasteiger partial charge in [-0.2, -0.15) is 0 Å². The Hall–Kier alpha value is -3.11. The van der Waals surface area contributed by atoms with Crippen LogP contribution in [0.4, 0.5) is 0 Å². The Morgan fingerprint density at radius 2 is 1.17 bits per heavy atom. The van der Waals surface area contributed by atoms with Gasteiger partial charge in [0, 0.05) is 7.11 Å². The Morgan fingerprint density at radius 3 is 1.60 bits per heavy atom. The van der Waals surface area contributed by atoms with Crippen molar-refractivity contribution in [1.82, 2.24) is 0 Å². The van der Waals surface area contributed by atoms with Gasteiger partial charge in [-0.3, -0.25) is 4.79 Å². The van der Waals surface area contributed by atoms with Gasteiger partial charge in [0.2, 0.25) is 0 Å². The Labute approximate surface area is 248 Å². The molecule has 8 heteroatoms. The van der Waals surface area contributed by atoms with Crippen LogP contribution in [0.5, 0.6) is 0 Å². The van der Waals surface area contributed by atoms with E-state index in [9.17, 15) is 9.90 Å². The first-order valence-corrected chi connectivity index (χ1v) is 14.3. The predicted octanol–water partition coefficient (Wildman–Crippen LogP) is 5.21. The molecular weight excluding hydrogens is 536 g/mol. The maximum atomic E-state index is 12.7. The van der Waals surface area contributed by atoms with Crippen molar-refractivity contribution in [1.29, 1.82) is 0 Å². The van der Waals surface area contributed by atoms with Crippen LogP contribution >= 0.6 is 0 Å². The second-order valence-corrected chi connectivity index (χ2v) is 11.3. The number of carbonyl (C=O) groups excluding carboxylic acids is 1.